The highest BCUT2D eigenvalue weighted by Gasteiger charge is 2.29. The number of nitrogens with one attached hydrogen (secondary N) is 1. The Morgan fingerprint density at radius 2 is 2.19 bits per heavy atom. The standard InChI is InChI=1S/C14H19N5O2/c1-8(2)19-7-11(6-15-19)13(20)16-9(3)14-17-12(18-21-14)10-4-5-10/h6-10H,4-5H2,1-3H3,(H,16,20). The number of carbonyl (C=O) groups excluding carboxylic acids is 1. The van der Waals surface area contributed by atoms with Crippen molar-refractivity contribution >= 4 is 5.91 Å². The summed E-state index contributed by atoms with van der Waals surface area (Å²) in [6.07, 6.45) is 5.53. The summed E-state index contributed by atoms with van der Waals surface area (Å²) in [5.74, 6) is 1.44. The fourth-order valence-corrected chi connectivity index (χ4v) is 2.01. The molecule has 1 amide bonds. The van der Waals surface area contributed by atoms with Crippen LogP contribution in [-0.4, -0.2) is 25.8 Å². The van der Waals surface area contributed by atoms with Gasteiger partial charge < -0.3 is 9.84 Å². The van der Waals surface area contributed by atoms with E-state index in [2.05, 4.69) is 20.6 Å². The molecule has 1 aliphatic carbocycles. The van der Waals surface area contributed by atoms with Crippen molar-refractivity contribution in [2.75, 3.05) is 0 Å². The first kappa shape index (κ1) is 13.8. The summed E-state index contributed by atoms with van der Waals surface area (Å²) >= 11 is 0. The smallest absolute Gasteiger partial charge is 0.255 e. The number of rotatable bonds is 5. The van der Waals surface area contributed by atoms with Crippen molar-refractivity contribution in [3.8, 4) is 0 Å². The highest BCUT2D eigenvalue weighted by molar-refractivity contribution is 5.93. The zero-order valence-corrected chi connectivity index (χ0v) is 12.4. The van der Waals surface area contributed by atoms with Crippen LogP contribution >= 0.6 is 0 Å². The molecule has 0 spiro atoms. The summed E-state index contributed by atoms with van der Waals surface area (Å²) in [5.41, 5.74) is 0.525. The van der Waals surface area contributed by atoms with Crippen molar-refractivity contribution in [2.24, 2.45) is 0 Å². The molecule has 0 aliphatic heterocycles. The molecule has 3 rings (SSSR count). The Labute approximate surface area is 122 Å². The van der Waals surface area contributed by atoms with Gasteiger partial charge in [-0.3, -0.25) is 9.48 Å². The zero-order valence-electron chi connectivity index (χ0n) is 12.4. The maximum atomic E-state index is 12.2. The van der Waals surface area contributed by atoms with Crippen LogP contribution in [0.15, 0.2) is 16.9 Å². The molecule has 1 saturated carbocycles. The number of amides is 1. The Hall–Kier alpha value is -2.18. The molecule has 21 heavy (non-hydrogen) atoms. The Morgan fingerprint density at radius 3 is 2.81 bits per heavy atom. The Bertz CT molecular complexity index is 641. The van der Waals surface area contributed by atoms with Crippen LogP contribution in [0.4, 0.5) is 0 Å². The predicted octanol–water partition coefficient (Wildman–Crippen LogP) is 2.22. The van der Waals surface area contributed by atoms with Crippen molar-refractivity contribution < 1.29 is 9.32 Å². The number of aromatic nitrogens is 4. The Morgan fingerprint density at radius 1 is 1.43 bits per heavy atom. The van der Waals surface area contributed by atoms with Gasteiger partial charge in [-0.2, -0.15) is 10.1 Å². The van der Waals surface area contributed by atoms with Gasteiger partial charge in [0.15, 0.2) is 5.82 Å². The minimum atomic E-state index is -0.320. The third-order valence-corrected chi connectivity index (χ3v) is 3.51. The van der Waals surface area contributed by atoms with Crippen molar-refractivity contribution in [3.63, 3.8) is 0 Å². The molecule has 1 fully saturated rings. The van der Waals surface area contributed by atoms with Crippen LogP contribution in [0, 0.1) is 0 Å². The lowest BCUT2D eigenvalue weighted by atomic mass is 10.2. The molecule has 1 aliphatic rings. The molecular weight excluding hydrogens is 270 g/mol. The van der Waals surface area contributed by atoms with Gasteiger partial charge in [0.25, 0.3) is 5.91 Å². The first-order chi connectivity index (χ1) is 10.0. The molecule has 1 atom stereocenters. The summed E-state index contributed by atoms with van der Waals surface area (Å²) in [7, 11) is 0. The van der Waals surface area contributed by atoms with E-state index >= 15 is 0 Å². The molecule has 2 aromatic rings. The van der Waals surface area contributed by atoms with E-state index in [0.717, 1.165) is 18.7 Å². The van der Waals surface area contributed by atoms with E-state index in [4.69, 9.17) is 4.52 Å². The molecule has 2 heterocycles. The topological polar surface area (TPSA) is 85.8 Å². The van der Waals surface area contributed by atoms with Crippen molar-refractivity contribution in [2.45, 2.75) is 51.6 Å². The summed E-state index contributed by atoms with van der Waals surface area (Å²) in [6, 6.07) is -0.0964. The number of carbonyl (C=O) groups is 1. The number of hydrogen-bond donors (Lipinski definition) is 1. The van der Waals surface area contributed by atoms with Crippen LogP contribution in [0.1, 0.15) is 73.7 Å². The highest BCUT2D eigenvalue weighted by atomic mass is 16.5. The molecule has 7 heteroatoms. The maximum absolute atomic E-state index is 12.2. The largest absolute Gasteiger partial charge is 0.340 e. The molecule has 0 aromatic carbocycles. The van der Waals surface area contributed by atoms with E-state index < -0.39 is 0 Å². The molecule has 0 bridgehead atoms. The van der Waals surface area contributed by atoms with Gasteiger partial charge >= 0.3 is 0 Å². The normalized spacial score (nSPS) is 16.2. The number of hydrogen-bond acceptors (Lipinski definition) is 5. The first-order valence-corrected chi connectivity index (χ1v) is 7.23. The highest BCUT2D eigenvalue weighted by Crippen LogP contribution is 2.38. The van der Waals surface area contributed by atoms with Crippen molar-refractivity contribution in [1.29, 1.82) is 0 Å². The Balaban J connectivity index is 1.64. The van der Waals surface area contributed by atoms with E-state index in [9.17, 15) is 4.79 Å². The third kappa shape index (κ3) is 2.96. The monoisotopic (exact) mass is 289 g/mol. The van der Waals surface area contributed by atoms with Crippen LogP contribution in [0.3, 0.4) is 0 Å². The van der Waals surface area contributed by atoms with E-state index in [1.54, 1.807) is 17.1 Å². The lowest BCUT2D eigenvalue weighted by molar-refractivity contribution is 0.0932. The minimum Gasteiger partial charge on any atom is -0.340 e. The molecule has 0 radical (unpaired) electrons. The lowest BCUT2D eigenvalue weighted by Crippen LogP contribution is -2.26. The van der Waals surface area contributed by atoms with Gasteiger partial charge in [-0.25, -0.2) is 0 Å². The molecule has 1 N–H and O–H groups in total. The van der Waals surface area contributed by atoms with Gasteiger partial charge in [-0.1, -0.05) is 5.16 Å². The summed E-state index contributed by atoms with van der Waals surface area (Å²) in [5, 5.41) is 11.0. The first-order valence-electron chi connectivity index (χ1n) is 7.23. The fourth-order valence-electron chi connectivity index (χ4n) is 2.01. The SMILES string of the molecule is CC(NC(=O)c1cnn(C(C)C)c1)c1nc(C2CC2)no1. The van der Waals surface area contributed by atoms with E-state index in [1.807, 2.05) is 20.8 Å². The summed E-state index contributed by atoms with van der Waals surface area (Å²) < 4.78 is 6.96. The van der Waals surface area contributed by atoms with Gasteiger partial charge in [0.1, 0.15) is 6.04 Å². The van der Waals surface area contributed by atoms with Gasteiger partial charge in [0, 0.05) is 18.2 Å². The zero-order chi connectivity index (χ0) is 15.0. The van der Waals surface area contributed by atoms with Crippen LogP contribution in [-0.2, 0) is 0 Å². The van der Waals surface area contributed by atoms with Crippen molar-refractivity contribution in [3.05, 3.63) is 29.7 Å². The lowest BCUT2D eigenvalue weighted by Gasteiger charge is -2.08. The van der Waals surface area contributed by atoms with Crippen molar-refractivity contribution in [1.82, 2.24) is 25.2 Å². The molecule has 112 valence electrons. The fraction of sp³-hybridized carbons (Fsp3) is 0.571. The second-order valence-electron chi connectivity index (χ2n) is 5.76. The second kappa shape index (κ2) is 5.31. The predicted molar refractivity (Wildman–Crippen MR) is 74.8 cm³/mol. The van der Waals surface area contributed by atoms with Gasteiger partial charge in [0.05, 0.1) is 11.8 Å². The molecule has 7 nitrogen and oxygen atoms in total. The average molecular weight is 289 g/mol. The average Bonchev–Trinajstić information content (AvgIpc) is 3.00. The van der Waals surface area contributed by atoms with Crippen LogP contribution in [0.5, 0.6) is 0 Å². The van der Waals surface area contributed by atoms with E-state index in [1.165, 1.54) is 0 Å². The van der Waals surface area contributed by atoms with Gasteiger partial charge in [-0.05, 0) is 33.6 Å². The van der Waals surface area contributed by atoms with E-state index in [0.29, 0.717) is 17.4 Å². The van der Waals surface area contributed by atoms with Crippen LogP contribution in [0.2, 0.25) is 0 Å². The van der Waals surface area contributed by atoms with Crippen LogP contribution in [0.25, 0.3) is 0 Å². The summed E-state index contributed by atoms with van der Waals surface area (Å²) in [4.78, 5) is 16.5. The van der Waals surface area contributed by atoms with E-state index in [-0.39, 0.29) is 18.0 Å². The molecular formula is C14H19N5O2. The van der Waals surface area contributed by atoms with Gasteiger partial charge in [-0.15, -0.1) is 0 Å². The van der Waals surface area contributed by atoms with Crippen LogP contribution < -0.4 is 5.32 Å². The van der Waals surface area contributed by atoms with Gasteiger partial charge in [0.2, 0.25) is 5.89 Å². The maximum Gasteiger partial charge on any atom is 0.255 e. The minimum absolute atomic E-state index is 0.194. The second-order valence-corrected chi connectivity index (χ2v) is 5.76. The summed E-state index contributed by atoms with van der Waals surface area (Å²) in [6.45, 7) is 5.85. The molecule has 1 unspecified atom stereocenters. The molecule has 2 aromatic heterocycles. The Kier molecular flexibility index (Phi) is 3.48. The third-order valence-electron chi connectivity index (χ3n) is 3.51. The molecule has 0 saturated heterocycles. The quantitative estimate of drug-likeness (QED) is 0.912. The number of nitrogens with zero attached hydrogens (tertiary/aromatic N) is 4.